The Morgan fingerprint density at radius 1 is 1.48 bits per heavy atom. The topological polar surface area (TPSA) is 69.9 Å². The van der Waals surface area contributed by atoms with Crippen molar-refractivity contribution in [1.29, 1.82) is 0 Å². The normalized spacial score (nSPS) is 18.6. The van der Waals surface area contributed by atoms with Crippen molar-refractivity contribution in [3.63, 3.8) is 0 Å². The number of carbonyl (C=O) groups is 2. The molecule has 1 aromatic heterocycles. The van der Waals surface area contributed by atoms with Crippen LogP contribution in [0.4, 0.5) is 0 Å². The summed E-state index contributed by atoms with van der Waals surface area (Å²) >= 11 is 0. The van der Waals surface area contributed by atoms with E-state index in [1.165, 1.54) is 6.26 Å². The molecule has 21 heavy (non-hydrogen) atoms. The standard InChI is InChI=1S/C14H22N4O3/c1-16(2)5-6-18-9-11(8-13(18)19)14(20)17(3)10-12-4-7-21-15-12/h4,7,11H,5-6,8-10H2,1-3H3/t11-/m1/s1. The molecule has 1 saturated heterocycles. The highest BCUT2D eigenvalue weighted by Crippen LogP contribution is 2.20. The summed E-state index contributed by atoms with van der Waals surface area (Å²) in [5.41, 5.74) is 0.708. The van der Waals surface area contributed by atoms with Crippen LogP contribution in [0.25, 0.3) is 0 Å². The molecule has 0 unspecified atom stereocenters. The van der Waals surface area contributed by atoms with Crippen LogP contribution in [-0.2, 0) is 16.1 Å². The van der Waals surface area contributed by atoms with Crippen LogP contribution < -0.4 is 0 Å². The van der Waals surface area contributed by atoms with Crippen molar-refractivity contribution in [2.75, 3.05) is 40.8 Å². The summed E-state index contributed by atoms with van der Waals surface area (Å²) in [5, 5.41) is 3.79. The van der Waals surface area contributed by atoms with E-state index in [1.807, 2.05) is 19.0 Å². The van der Waals surface area contributed by atoms with Crippen LogP contribution in [0.5, 0.6) is 0 Å². The molecule has 1 fully saturated rings. The van der Waals surface area contributed by atoms with Crippen LogP contribution in [-0.4, -0.2) is 72.4 Å². The van der Waals surface area contributed by atoms with Crippen LogP contribution in [0, 0.1) is 5.92 Å². The summed E-state index contributed by atoms with van der Waals surface area (Å²) in [5.74, 6) is -0.208. The average Bonchev–Trinajstić information content (AvgIpc) is 3.05. The Balaban J connectivity index is 1.87. The van der Waals surface area contributed by atoms with Gasteiger partial charge in [-0.2, -0.15) is 0 Å². The number of hydrogen-bond donors (Lipinski definition) is 0. The van der Waals surface area contributed by atoms with Gasteiger partial charge in [0.2, 0.25) is 11.8 Å². The Bertz CT molecular complexity index is 486. The molecule has 2 amide bonds. The third kappa shape index (κ3) is 4.04. The summed E-state index contributed by atoms with van der Waals surface area (Å²) in [7, 11) is 5.66. The predicted molar refractivity (Wildman–Crippen MR) is 76.2 cm³/mol. The number of amides is 2. The first-order valence-electron chi connectivity index (χ1n) is 7.04. The van der Waals surface area contributed by atoms with E-state index in [2.05, 4.69) is 5.16 Å². The summed E-state index contributed by atoms with van der Waals surface area (Å²) in [6, 6.07) is 1.73. The molecule has 0 N–H and O–H groups in total. The van der Waals surface area contributed by atoms with E-state index in [0.717, 1.165) is 6.54 Å². The Labute approximate surface area is 124 Å². The fourth-order valence-electron chi connectivity index (χ4n) is 2.43. The Morgan fingerprint density at radius 2 is 2.24 bits per heavy atom. The number of hydrogen-bond acceptors (Lipinski definition) is 5. The van der Waals surface area contributed by atoms with Gasteiger partial charge in [-0.05, 0) is 14.1 Å². The van der Waals surface area contributed by atoms with Crippen LogP contribution in [0.3, 0.4) is 0 Å². The second-order valence-electron chi connectivity index (χ2n) is 5.73. The zero-order chi connectivity index (χ0) is 15.4. The van der Waals surface area contributed by atoms with Crippen LogP contribution >= 0.6 is 0 Å². The fourth-order valence-corrected chi connectivity index (χ4v) is 2.43. The Kier molecular flexibility index (Phi) is 4.95. The fraction of sp³-hybridized carbons (Fsp3) is 0.643. The van der Waals surface area contributed by atoms with Crippen molar-refractivity contribution in [1.82, 2.24) is 19.9 Å². The number of rotatable bonds is 6. The highest BCUT2D eigenvalue weighted by atomic mass is 16.5. The summed E-state index contributed by atoms with van der Waals surface area (Å²) in [6.45, 7) is 2.39. The molecule has 1 aromatic rings. The lowest BCUT2D eigenvalue weighted by Gasteiger charge is -2.21. The zero-order valence-electron chi connectivity index (χ0n) is 12.8. The van der Waals surface area contributed by atoms with Gasteiger partial charge in [0.15, 0.2) is 0 Å². The average molecular weight is 294 g/mol. The lowest BCUT2D eigenvalue weighted by molar-refractivity contribution is -0.135. The summed E-state index contributed by atoms with van der Waals surface area (Å²) in [4.78, 5) is 29.7. The lowest BCUT2D eigenvalue weighted by atomic mass is 10.1. The quantitative estimate of drug-likeness (QED) is 0.741. The molecular weight excluding hydrogens is 272 g/mol. The molecule has 1 aliphatic rings. The minimum absolute atomic E-state index is 0.0151. The van der Waals surface area contributed by atoms with Crippen molar-refractivity contribution in [3.8, 4) is 0 Å². The number of likely N-dealkylation sites (tertiary alicyclic amines) is 1. The lowest BCUT2D eigenvalue weighted by Crippen LogP contribution is -2.36. The molecule has 7 heteroatoms. The van der Waals surface area contributed by atoms with E-state index < -0.39 is 0 Å². The molecule has 7 nitrogen and oxygen atoms in total. The van der Waals surface area contributed by atoms with Gasteiger partial charge in [0.05, 0.1) is 12.5 Å². The van der Waals surface area contributed by atoms with E-state index >= 15 is 0 Å². The number of nitrogens with zero attached hydrogens (tertiary/aromatic N) is 4. The van der Waals surface area contributed by atoms with Gasteiger partial charge in [0.1, 0.15) is 12.0 Å². The van der Waals surface area contributed by atoms with Crippen molar-refractivity contribution < 1.29 is 14.1 Å². The van der Waals surface area contributed by atoms with Crippen molar-refractivity contribution in [2.24, 2.45) is 5.92 Å². The second kappa shape index (κ2) is 6.71. The van der Waals surface area contributed by atoms with Gasteiger partial charge < -0.3 is 19.2 Å². The molecule has 1 atom stereocenters. The Hall–Kier alpha value is -1.89. The van der Waals surface area contributed by atoms with Crippen LogP contribution in [0.2, 0.25) is 0 Å². The van der Waals surface area contributed by atoms with Gasteiger partial charge in [-0.15, -0.1) is 0 Å². The van der Waals surface area contributed by atoms with E-state index in [0.29, 0.717) is 31.7 Å². The van der Waals surface area contributed by atoms with Crippen molar-refractivity contribution in [2.45, 2.75) is 13.0 Å². The maximum Gasteiger partial charge on any atom is 0.228 e. The first-order valence-corrected chi connectivity index (χ1v) is 7.04. The SMILES string of the molecule is CN(C)CCN1C[C@H](C(=O)N(C)Cc2ccon2)CC1=O. The number of likely N-dealkylation sites (N-methyl/N-ethyl adjacent to an activating group) is 1. The predicted octanol–water partition coefficient (Wildman–Crippen LogP) is 0.0431. The van der Waals surface area contributed by atoms with E-state index in [1.54, 1.807) is 22.9 Å². The highest BCUT2D eigenvalue weighted by Gasteiger charge is 2.35. The first kappa shape index (κ1) is 15.5. The summed E-state index contributed by atoms with van der Waals surface area (Å²) in [6.07, 6.45) is 1.78. The third-order valence-electron chi connectivity index (χ3n) is 3.65. The molecule has 0 radical (unpaired) electrons. The van der Waals surface area contributed by atoms with Gasteiger partial charge >= 0.3 is 0 Å². The van der Waals surface area contributed by atoms with Gasteiger partial charge in [-0.3, -0.25) is 9.59 Å². The molecule has 116 valence electrons. The molecule has 0 aromatic carbocycles. The van der Waals surface area contributed by atoms with E-state index in [4.69, 9.17) is 4.52 Å². The smallest absolute Gasteiger partial charge is 0.228 e. The van der Waals surface area contributed by atoms with Gasteiger partial charge in [0, 0.05) is 39.2 Å². The zero-order valence-corrected chi connectivity index (χ0v) is 12.8. The molecule has 0 spiro atoms. The molecule has 0 saturated carbocycles. The molecule has 2 heterocycles. The van der Waals surface area contributed by atoms with Crippen molar-refractivity contribution >= 4 is 11.8 Å². The van der Waals surface area contributed by atoms with Gasteiger partial charge in [-0.1, -0.05) is 5.16 Å². The number of aromatic nitrogens is 1. The minimum atomic E-state index is -0.253. The Morgan fingerprint density at radius 3 is 2.86 bits per heavy atom. The largest absolute Gasteiger partial charge is 0.364 e. The van der Waals surface area contributed by atoms with Crippen LogP contribution in [0.15, 0.2) is 16.9 Å². The van der Waals surface area contributed by atoms with Gasteiger partial charge in [-0.25, -0.2) is 0 Å². The van der Waals surface area contributed by atoms with Gasteiger partial charge in [0.25, 0.3) is 0 Å². The second-order valence-corrected chi connectivity index (χ2v) is 5.73. The molecule has 0 bridgehead atoms. The third-order valence-corrected chi connectivity index (χ3v) is 3.65. The van der Waals surface area contributed by atoms with Crippen molar-refractivity contribution in [3.05, 3.63) is 18.0 Å². The monoisotopic (exact) mass is 294 g/mol. The molecule has 0 aliphatic carbocycles. The molecule has 1 aliphatic heterocycles. The van der Waals surface area contributed by atoms with E-state index in [9.17, 15) is 9.59 Å². The maximum absolute atomic E-state index is 12.4. The molecular formula is C14H22N4O3. The molecule has 2 rings (SSSR count). The summed E-state index contributed by atoms with van der Waals surface area (Å²) < 4.78 is 4.75. The highest BCUT2D eigenvalue weighted by molar-refractivity contribution is 5.89. The first-order chi connectivity index (χ1) is 9.97. The minimum Gasteiger partial charge on any atom is -0.364 e. The van der Waals surface area contributed by atoms with Crippen LogP contribution in [0.1, 0.15) is 12.1 Å². The number of carbonyl (C=O) groups excluding carboxylic acids is 2. The van der Waals surface area contributed by atoms with E-state index in [-0.39, 0.29) is 17.7 Å². The maximum atomic E-state index is 12.4.